The number of benzene rings is 1. The summed E-state index contributed by atoms with van der Waals surface area (Å²) in [6.07, 6.45) is 0. The number of carbonyl (C=O) groups excluding carboxylic acids is 1. The molecule has 1 aromatic rings. The van der Waals surface area contributed by atoms with Crippen LogP contribution >= 0.6 is 23.2 Å². The van der Waals surface area contributed by atoms with Crippen LogP contribution in [0.4, 0.5) is 5.69 Å². The molecule has 0 aromatic heterocycles. The average molecular weight is 263 g/mol. The Balaban J connectivity index is 3.04. The Bertz CT molecular complexity index is 423. The lowest BCUT2D eigenvalue weighted by Gasteiger charge is -2.04. The standard InChI is InChI=1S/C9H8Cl2N2O3/c10-3-4-12-9(14)7-5-6(11)1-2-8(7)13(15)16/h1-2,5H,3-4H2,(H,12,14). The second-order valence-electron chi connectivity index (χ2n) is 2.86. The van der Waals surface area contributed by atoms with Crippen LogP contribution < -0.4 is 5.32 Å². The zero-order chi connectivity index (χ0) is 12.1. The summed E-state index contributed by atoms with van der Waals surface area (Å²) >= 11 is 11.1. The maximum Gasteiger partial charge on any atom is 0.282 e. The molecule has 1 amide bonds. The Hall–Kier alpha value is -1.33. The fraction of sp³-hybridized carbons (Fsp3) is 0.222. The van der Waals surface area contributed by atoms with Gasteiger partial charge in [-0.1, -0.05) is 11.6 Å². The van der Waals surface area contributed by atoms with Crippen LogP contribution in [-0.4, -0.2) is 23.3 Å². The first-order valence-corrected chi connectivity index (χ1v) is 5.25. The normalized spacial score (nSPS) is 9.88. The number of alkyl halides is 1. The van der Waals surface area contributed by atoms with Crippen molar-refractivity contribution in [3.05, 3.63) is 38.9 Å². The molecule has 0 heterocycles. The molecule has 7 heteroatoms. The first-order chi connectivity index (χ1) is 7.56. The predicted molar refractivity (Wildman–Crippen MR) is 61.2 cm³/mol. The van der Waals surface area contributed by atoms with E-state index in [1.807, 2.05) is 0 Å². The number of carbonyl (C=O) groups is 1. The fourth-order valence-electron chi connectivity index (χ4n) is 1.11. The Morgan fingerprint density at radius 1 is 1.50 bits per heavy atom. The number of hydrogen-bond acceptors (Lipinski definition) is 3. The van der Waals surface area contributed by atoms with Crippen molar-refractivity contribution >= 4 is 34.8 Å². The summed E-state index contributed by atoms with van der Waals surface area (Å²) in [4.78, 5) is 21.6. The van der Waals surface area contributed by atoms with Crippen molar-refractivity contribution in [2.45, 2.75) is 0 Å². The third kappa shape index (κ3) is 3.08. The van der Waals surface area contributed by atoms with Crippen LogP contribution in [0.2, 0.25) is 5.02 Å². The average Bonchev–Trinajstić information content (AvgIpc) is 2.25. The van der Waals surface area contributed by atoms with E-state index in [0.29, 0.717) is 0 Å². The van der Waals surface area contributed by atoms with Crippen molar-refractivity contribution < 1.29 is 9.72 Å². The third-order valence-corrected chi connectivity index (χ3v) is 2.20. The van der Waals surface area contributed by atoms with Gasteiger partial charge in [0.15, 0.2) is 0 Å². The van der Waals surface area contributed by atoms with E-state index in [1.165, 1.54) is 18.2 Å². The SMILES string of the molecule is O=C(NCCCl)c1cc(Cl)ccc1[N+](=O)[O-]. The highest BCUT2D eigenvalue weighted by Crippen LogP contribution is 2.22. The number of rotatable bonds is 4. The highest BCUT2D eigenvalue weighted by atomic mass is 35.5. The van der Waals surface area contributed by atoms with Crippen molar-refractivity contribution in [2.75, 3.05) is 12.4 Å². The van der Waals surface area contributed by atoms with E-state index in [0.717, 1.165) is 0 Å². The lowest BCUT2D eigenvalue weighted by molar-refractivity contribution is -0.385. The van der Waals surface area contributed by atoms with E-state index < -0.39 is 10.8 Å². The molecule has 0 radical (unpaired) electrons. The van der Waals surface area contributed by atoms with Gasteiger partial charge in [-0.25, -0.2) is 0 Å². The van der Waals surface area contributed by atoms with E-state index in [2.05, 4.69) is 5.32 Å². The molecule has 1 N–H and O–H groups in total. The van der Waals surface area contributed by atoms with Crippen molar-refractivity contribution in [3.8, 4) is 0 Å². The molecular formula is C9H8Cl2N2O3. The van der Waals surface area contributed by atoms with Gasteiger partial charge >= 0.3 is 0 Å². The molecule has 0 aliphatic heterocycles. The first-order valence-electron chi connectivity index (χ1n) is 4.34. The number of halogens is 2. The molecule has 0 spiro atoms. The summed E-state index contributed by atoms with van der Waals surface area (Å²) in [5.74, 6) is -0.324. The van der Waals surface area contributed by atoms with Crippen molar-refractivity contribution in [3.63, 3.8) is 0 Å². The summed E-state index contributed by atoms with van der Waals surface area (Å²) in [6.45, 7) is 0.240. The van der Waals surface area contributed by atoms with E-state index in [9.17, 15) is 14.9 Å². The molecule has 0 saturated carbocycles. The molecule has 0 aliphatic rings. The monoisotopic (exact) mass is 262 g/mol. The Labute approximate surface area is 101 Å². The second kappa shape index (κ2) is 5.67. The minimum Gasteiger partial charge on any atom is -0.351 e. The molecule has 0 unspecified atom stereocenters. The van der Waals surface area contributed by atoms with E-state index >= 15 is 0 Å². The Morgan fingerprint density at radius 2 is 2.19 bits per heavy atom. The summed E-state index contributed by atoms with van der Waals surface area (Å²) in [5, 5.41) is 13.4. The number of nitrogens with zero attached hydrogens (tertiary/aromatic N) is 1. The number of nitrogens with one attached hydrogen (secondary N) is 1. The maximum atomic E-state index is 11.5. The molecule has 0 bridgehead atoms. The van der Waals surface area contributed by atoms with Gasteiger partial charge in [-0.05, 0) is 12.1 Å². The van der Waals surface area contributed by atoms with Crippen LogP contribution in [0.15, 0.2) is 18.2 Å². The second-order valence-corrected chi connectivity index (χ2v) is 3.68. The van der Waals surface area contributed by atoms with E-state index in [1.54, 1.807) is 0 Å². The smallest absolute Gasteiger partial charge is 0.282 e. The number of amides is 1. The van der Waals surface area contributed by atoms with Gasteiger partial charge in [0.1, 0.15) is 5.56 Å². The highest BCUT2D eigenvalue weighted by Gasteiger charge is 2.19. The molecule has 5 nitrogen and oxygen atoms in total. The number of nitro benzene ring substituents is 1. The number of hydrogen-bond donors (Lipinski definition) is 1. The van der Waals surface area contributed by atoms with Gasteiger partial charge in [0.05, 0.1) is 4.92 Å². The molecular weight excluding hydrogens is 255 g/mol. The maximum absolute atomic E-state index is 11.5. The molecule has 0 atom stereocenters. The third-order valence-electron chi connectivity index (χ3n) is 1.78. The largest absolute Gasteiger partial charge is 0.351 e. The predicted octanol–water partition coefficient (Wildman–Crippen LogP) is 2.22. The van der Waals surface area contributed by atoms with Gasteiger partial charge in [-0.2, -0.15) is 0 Å². The molecule has 0 aliphatic carbocycles. The van der Waals surface area contributed by atoms with Crippen LogP contribution in [0.3, 0.4) is 0 Å². The first kappa shape index (κ1) is 12.7. The zero-order valence-corrected chi connectivity index (χ0v) is 9.59. The lowest BCUT2D eigenvalue weighted by Crippen LogP contribution is -2.26. The van der Waals surface area contributed by atoms with Crippen molar-refractivity contribution in [1.82, 2.24) is 5.32 Å². The van der Waals surface area contributed by atoms with Crippen LogP contribution in [0.5, 0.6) is 0 Å². The van der Waals surface area contributed by atoms with Gasteiger partial charge in [-0.15, -0.1) is 11.6 Å². The van der Waals surface area contributed by atoms with Gasteiger partial charge < -0.3 is 5.32 Å². The van der Waals surface area contributed by atoms with Gasteiger partial charge in [0.2, 0.25) is 0 Å². The van der Waals surface area contributed by atoms with E-state index in [-0.39, 0.29) is 28.7 Å². The molecule has 16 heavy (non-hydrogen) atoms. The molecule has 1 rings (SSSR count). The van der Waals surface area contributed by atoms with Crippen LogP contribution in [0, 0.1) is 10.1 Å². The minimum atomic E-state index is -0.633. The Kier molecular flexibility index (Phi) is 4.52. The van der Waals surface area contributed by atoms with Crippen LogP contribution in [0.1, 0.15) is 10.4 Å². The van der Waals surface area contributed by atoms with Gasteiger partial charge in [-0.3, -0.25) is 14.9 Å². The highest BCUT2D eigenvalue weighted by molar-refractivity contribution is 6.31. The molecule has 1 aromatic carbocycles. The summed E-state index contributed by atoms with van der Waals surface area (Å²) in [7, 11) is 0. The number of nitro groups is 1. The van der Waals surface area contributed by atoms with E-state index in [4.69, 9.17) is 23.2 Å². The van der Waals surface area contributed by atoms with Crippen LogP contribution in [-0.2, 0) is 0 Å². The zero-order valence-electron chi connectivity index (χ0n) is 8.07. The topological polar surface area (TPSA) is 72.2 Å². The van der Waals surface area contributed by atoms with Crippen molar-refractivity contribution in [1.29, 1.82) is 0 Å². The van der Waals surface area contributed by atoms with Crippen LogP contribution in [0.25, 0.3) is 0 Å². The quantitative estimate of drug-likeness (QED) is 0.514. The molecule has 0 saturated heterocycles. The van der Waals surface area contributed by atoms with Crippen molar-refractivity contribution in [2.24, 2.45) is 0 Å². The minimum absolute atomic E-state index is 0.0670. The summed E-state index contributed by atoms with van der Waals surface area (Å²) < 4.78 is 0. The van der Waals surface area contributed by atoms with Gasteiger partial charge in [0.25, 0.3) is 11.6 Å². The molecule has 0 fully saturated rings. The lowest BCUT2D eigenvalue weighted by atomic mass is 10.1. The Morgan fingerprint density at radius 3 is 2.75 bits per heavy atom. The van der Waals surface area contributed by atoms with Gasteiger partial charge in [0, 0.05) is 23.5 Å². The molecule has 86 valence electrons. The summed E-state index contributed by atoms with van der Waals surface area (Å²) in [6, 6.07) is 3.80. The summed E-state index contributed by atoms with van der Waals surface area (Å²) in [5.41, 5.74) is -0.348. The fourth-order valence-corrected chi connectivity index (χ4v) is 1.37.